The summed E-state index contributed by atoms with van der Waals surface area (Å²) in [6.45, 7) is 2.62. The van der Waals surface area contributed by atoms with Crippen LogP contribution in [0.3, 0.4) is 0 Å². The molecule has 3 aromatic heterocycles. The van der Waals surface area contributed by atoms with E-state index in [4.69, 9.17) is 0 Å². The predicted octanol–water partition coefficient (Wildman–Crippen LogP) is 3.51. The fourth-order valence-electron chi connectivity index (χ4n) is 4.06. The zero-order valence-electron chi connectivity index (χ0n) is 15.8. The second-order valence-corrected chi connectivity index (χ2v) is 7.44. The minimum Gasteiger partial charge on any atom is -0.361 e. The van der Waals surface area contributed by atoms with Gasteiger partial charge in [-0.3, -0.25) is 4.79 Å². The number of H-pyrrole nitrogens is 1. The molecule has 0 saturated carbocycles. The topological polar surface area (TPSA) is 66.8 Å². The third-order valence-corrected chi connectivity index (χ3v) is 5.65. The van der Waals surface area contributed by atoms with Gasteiger partial charge in [0, 0.05) is 49.1 Å². The van der Waals surface area contributed by atoms with E-state index in [1.807, 2.05) is 30.6 Å². The van der Waals surface area contributed by atoms with E-state index < -0.39 is 0 Å². The van der Waals surface area contributed by atoms with Crippen LogP contribution < -0.4 is 10.5 Å². The third kappa shape index (κ3) is 3.05. The molecule has 1 N–H and O–H groups in total. The lowest BCUT2D eigenvalue weighted by atomic mass is 10.1. The lowest BCUT2D eigenvalue weighted by Crippen LogP contribution is -2.31. The van der Waals surface area contributed by atoms with Crippen molar-refractivity contribution in [3.63, 3.8) is 0 Å². The van der Waals surface area contributed by atoms with Crippen LogP contribution in [-0.4, -0.2) is 32.6 Å². The lowest BCUT2D eigenvalue weighted by molar-refractivity contribution is 0.569. The van der Waals surface area contributed by atoms with Gasteiger partial charge in [-0.05, 0) is 43.4 Å². The minimum absolute atomic E-state index is 0.0254. The van der Waals surface area contributed by atoms with Gasteiger partial charge in [0.05, 0.1) is 10.9 Å². The normalized spacial score (nSPS) is 14.8. The summed E-state index contributed by atoms with van der Waals surface area (Å²) in [5.74, 6) is 0.739. The van der Waals surface area contributed by atoms with Gasteiger partial charge in [-0.1, -0.05) is 18.2 Å². The number of hydrogen-bond donors (Lipinski definition) is 1. The van der Waals surface area contributed by atoms with Gasteiger partial charge in [0.15, 0.2) is 0 Å². The second kappa shape index (κ2) is 7.11. The zero-order valence-corrected chi connectivity index (χ0v) is 15.8. The molecule has 6 heteroatoms. The molecule has 6 nitrogen and oxygen atoms in total. The first-order valence-electron chi connectivity index (χ1n) is 9.96. The zero-order chi connectivity index (χ0) is 18.9. The van der Waals surface area contributed by atoms with Crippen molar-refractivity contribution in [1.82, 2.24) is 19.5 Å². The average molecular weight is 373 g/mol. The average Bonchev–Trinajstić information content (AvgIpc) is 3.17. The van der Waals surface area contributed by atoms with Crippen molar-refractivity contribution >= 4 is 27.8 Å². The van der Waals surface area contributed by atoms with E-state index in [0.29, 0.717) is 11.9 Å². The molecule has 4 aromatic rings. The molecule has 142 valence electrons. The number of hydrogen-bond acceptors (Lipinski definition) is 4. The Hall–Kier alpha value is -3.15. The van der Waals surface area contributed by atoms with Crippen LogP contribution in [0.5, 0.6) is 0 Å². The molecule has 1 fully saturated rings. The quantitative estimate of drug-likeness (QED) is 0.594. The summed E-state index contributed by atoms with van der Waals surface area (Å²) in [6.07, 6.45) is 10.00. The molecule has 0 amide bonds. The van der Waals surface area contributed by atoms with Crippen molar-refractivity contribution in [2.45, 2.75) is 32.2 Å². The number of pyridine rings is 1. The summed E-state index contributed by atoms with van der Waals surface area (Å²) >= 11 is 0. The Balaban J connectivity index is 1.41. The Morgan fingerprint density at radius 1 is 1.04 bits per heavy atom. The van der Waals surface area contributed by atoms with E-state index in [0.717, 1.165) is 36.5 Å². The SMILES string of the molecule is O=c1c2cnc(N3CCCCC3)nc2ccn1CCc1c[nH]c2ccccc12. The van der Waals surface area contributed by atoms with Gasteiger partial charge in [-0.2, -0.15) is 0 Å². The highest BCUT2D eigenvalue weighted by Crippen LogP contribution is 2.19. The van der Waals surface area contributed by atoms with Crippen molar-refractivity contribution in [3.8, 4) is 0 Å². The van der Waals surface area contributed by atoms with E-state index in [2.05, 4.69) is 32.0 Å². The number of aryl methyl sites for hydroxylation is 2. The van der Waals surface area contributed by atoms with Crippen LogP contribution in [0.15, 0.2) is 53.7 Å². The molecule has 0 aliphatic carbocycles. The monoisotopic (exact) mass is 373 g/mol. The highest BCUT2D eigenvalue weighted by Gasteiger charge is 2.15. The molecule has 1 aliphatic rings. The maximum atomic E-state index is 12.9. The van der Waals surface area contributed by atoms with E-state index in [-0.39, 0.29) is 5.56 Å². The van der Waals surface area contributed by atoms with Crippen molar-refractivity contribution < 1.29 is 0 Å². The lowest BCUT2D eigenvalue weighted by Gasteiger charge is -2.26. The molecule has 0 unspecified atom stereocenters. The Labute approximate surface area is 162 Å². The van der Waals surface area contributed by atoms with Crippen LogP contribution in [0.4, 0.5) is 5.95 Å². The first-order chi connectivity index (χ1) is 13.8. The second-order valence-electron chi connectivity index (χ2n) is 7.44. The summed E-state index contributed by atoms with van der Waals surface area (Å²) in [5, 5.41) is 1.80. The van der Waals surface area contributed by atoms with Crippen molar-refractivity contribution in [2.24, 2.45) is 0 Å². The molecule has 28 heavy (non-hydrogen) atoms. The van der Waals surface area contributed by atoms with Crippen molar-refractivity contribution in [2.75, 3.05) is 18.0 Å². The molecule has 5 rings (SSSR count). The number of aromatic nitrogens is 4. The van der Waals surface area contributed by atoms with Crippen molar-refractivity contribution in [3.05, 3.63) is 64.8 Å². The smallest absolute Gasteiger partial charge is 0.261 e. The molecule has 4 heterocycles. The largest absolute Gasteiger partial charge is 0.361 e. The fraction of sp³-hybridized carbons (Fsp3) is 0.318. The Bertz CT molecular complexity index is 1190. The molecule has 1 aliphatic heterocycles. The fourth-order valence-corrected chi connectivity index (χ4v) is 4.06. The van der Waals surface area contributed by atoms with E-state index in [1.165, 1.54) is 30.2 Å². The van der Waals surface area contributed by atoms with Gasteiger partial charge in [0.1, 0.15) is 0 Å². The van der Waals surface area contributed by atoms with Gasteiger partial charge in [0.25, 0.3) is 5.56 Å². The number of fused-ring (bicyclic) bond motifs is 2. The molecular weight excluding hydrogens is 350 g/mol. The predicted molar refractivity (Wildman–Crippen MR) is 112 cm³/mol. The molecule has 1 saturated heterocycles. The Kier molecular flexibility index (Phi) is 4.31. The highest BCUT2D eigenvalue weighted by molar-refractivity contribution is 5.83. The summed E-state index contributed by atoms with van der Waals surface area (Å²) in [4.78, 5) is 27.5. The Morgan fingerprint density at radius 2 is 1.89 bits per heavy atom. The first kappa shape index (κ1) is 17.0. The first-order valence-corrected chi connectivity index (χ1v) is 9.96. The van der Waals surface area contributed by atoms with Crippen LogP contribution in [0.1, 0.15) is 24.8 Å². The maximum absolute atomic E-state index is 12.9. The van der Waals surface area contributed by atoms with Crippen LogP contribution >= 0.6 is 0 Å². The standard InChI is InChI=1S/C22H23N5O/c28-21-18-15-24-22(27-10-4-1-5-11-27)25-20(18)9-13-26(21)12-8-16-14-23-19-7-3-2-6-17(16)19/h2-3,6-7,9,13-15,23H,1,4-5,8,10-12H2. The number of nitrogens with zero attached hydrogens (tertiary/aromatic N) is 4. The van der Waals surface area contributed by atoms with Crippen LogP contribution in [0, 0.1) is 0 Å². The molecular formula is C22H23N5O. The molecule has 0 radical (unpaired) electrons. The highest BCUT2D eigenvalue weighted by atomic mass is 16.1. The summed E-state index contributed by atoms with van der Waals surface area (Å²) in [5.41, 5.74) is 3.05. The van der Waals surface area contributed by atoms with E-state index in [9.17, 15) is 4.79 Å². The van der Waals surface area contributed by atoms with Gasteiger partial charge < -0.3 is 14.5 Å². The number of aromatic amines is 1. The minimum atomic E-state index is -0.0254. The van der Waals surface area contributed by atoms with Crippen LogP contribution in [0.2, 0.25) is 0 Å². The Morgan fingerprint density at radius 3 is 2.79 bits per heavy atom. The number of anilines is 1. The van der Waals surface area contributed by atoms with Crippen LogP contribution in [-0.2, 0) is 13.0 Å². The number of benzene rings is 1. The number of piperidine rings is 1. The molecule has 0 spiro atoms. The number of rotatable bonds is 4. The van der Waals surface area contributed by atoms with Gasteiger partial charge in [0.2, 0.25) is 5.95 Å². The summed E-state index contributed by atoms with van der Waals surface area (Å²) < 4.78 is 1.76. The van der Waals surface area contributed by atoms with E-state index >= 15 is 0 Å². The van der Waals surface area contributed by atoms with E-state index in [1.54, 1.807) is 10.8 Å². The third-order valence-electron chi connectivity index (χ3n) is 5.65. The van der Waals surface area contributed by atoms with Crippen LogP contribution in [0.25, 0.3) is 21.8 Å². The summed E-state index contributed by atoms with van der Waals surface area (Å²) in [6, 6.07) is 10.2. The van der Waals surface area contributed by atoms with Gasteiger partial charge >= 0.3 is 0 Å². The number of nitrogens with one attached hydrogen (secondary N) is 1. The van der Waals surface area contributed by atoms with Crippen molar-refractivity contribution in [1.29, 1.82) is 0 Å². The molecule has 1 aromatic carbocycles. The molecule has 0 bridgehead atoms. The summed E-state index contributed by atoms with van der Waals surface area (Å²) in [7, 11) is 0. The maximum Gasteiger partial charge on any atom is 0.261 e. The van der Waals surface area contributed by atoms with Gasteiger partial charge in [-0.25, -0.2) is 9.97 Å². The van der Waals surface area contributed by atoms with Gasteiger partial charge in [-0.15, -0.1) is 0 Å². The number of para-hydroxylation sites is 1. The molecule has 0 atom stereocenters.